The summed E-state index contributed by atoms with van der Waals surface area (Å²) in [6, 6.07) is 32.3. The summed E-state index contributed by atoms with van der Waals surface area (Å²) in [5, 5.41) is 4.19. The van der Waals surface area contributed by atoms with Crippen molar-refractivity contribution in [2.45, 2.75) is 20.8 Å². The Bertz CT molecular complexity index is 861. The van der Waals surface area contributed by atoms with Crippen molar-refractivity contribution in [1.82, 2.24) is 0 Å². The van der Waals surface area contributed by atoms with Gasteiger partial charge < -0.3 is 0 Å². The fraction of sp³-hybridized carbons (Fsp3) is 0.111. The predicted octanol–water partition coefficient (Wildman–Crippen LogP) is 5.89. The van der Waals surface area contributed by atoms with Gasteiger partial charge in [-0.1, -0.05) is 108 Å². The van der Waals surface area contributed by atoms with E-state index in [1.807, 2.05) is 0 Å². The maximum atomic E-state index is 7.50. The number of hydrogen-bond acceptors (Lipinski definition) is 0. The van der Waals surface area contributed by atoms with Gasteiger partial charge in [0.15, 0.2) is 0 Å². The first kappa shape index (κ1) is 26.0. The molecule has 154 valence electrons. The Kier molecular flexibility index (Phi) is 12.2. The van der Waals surface area contributed by atoms with Gasteiger partial charge >= 0.3 is 11.3 Å². The minimum atomic E-state index is -0.446. The molecule has 0 bridgehead atoms. The van der Waals surface area contributed by atoms with Crippen LogP contribution in [-0.4, -0.2) is 0 Å². The van der Waals surface area contributed by atoms with Crippen molar-refractivity contribution < 1.29 is 24.8 Å². The van der Waals surface area contributed by atoms with Crippen LogP contribution in [0.4, 0.5) is 0 Å². The summed E-state index contributed by atoms with van der Waals surface area (Å²) < 4.78 is 7.50. The first-order chi connectivity index (χ1) is 14.2. The van der Waals surface area contributed by atoms with Gasteiger partial charge in [-0.3, -0.25) is 0 Å². The van der Waals surface area contributed by atoms with E-state index in [-0.39, 0.29) is 20.1 Å². The van der Waals surface area contributed by atoms with E-state index >= 15 is 0 Å². The third-order valence-electron chi connectivity index (χ3n) is 4.81. The summed E-state index contributed by atoms with van der Waals surface area (Å²) in [6.45, 7) is 10.9. The third-order valence-corrected chi connectivity index (χ3v) is 7.25. The van der Waals surface area contributed by atoms with Crippen molar-refractivity contribution >= 4 is 23.8 Å². The topological polar surface area (TPSA) is 19.9 Å². The van der Waals surface area contributed by atoms with Crippen LogP contribution in [0.2, 0.25) is 0 Å². The second kappa shape index (κ2) is 14.0. The smallest absolute Gasteiger partial charge is 0 e. The first-order valence-electron chi connectivity index (χ1n) is 9.52. The summed E-state index contributed by atoms with van der Waals surface area (Å²) in [4.78, 5) is 0. The fourth-order valence-electron chi connectivity index (χ4n) is 2.99. The molecule has 0 N–H and O–H groups in total. The van der Waals surface area contributed by atoms with Gasteiger partial charge in [-0.2, -0.15) is 0 Å². The van der Waals surface area contributed by atoms with Crippen molar-refractivity contribution in [1.29, 1.82) is 0 Å². The molecule has 0 unspecified atom stereocenters. The van der Waals surface area contributed by atoms with Gasteiger partial charge in [0.05, 0.1) is 0 Å². The largest absolute Gasteiger partial charge is 0.0622 e. The summed E-state index contributed by atoms with van der Waals surface area (Å²) in [7, 11) is -0.446. The molecule has 0 amide bonds. The molecule has 1 aliphatic carbocycles. The monoisotopic (exact) mass is 590 g/mol. The minimum Gasteiger partial charge on any atom is -0.0622 e. The molecule has 0 fully saturated rings. The van der Waals surface area contributed by atoms with E-state index in [0.717, 1.165) is 0 Å². The zero-order valence-electron chi connectivity index (χ0n) is 17.5. The summed E-state index contributed by atoms with van der Waals surface area (Å²) in [5.74, 6) is 0. The molecular weight excluding hydrogens is 563 g/mol. The molecule has 0 aromatic heterocycles. The molecule has 0 heterocycles. The van der Waals surface area contributed by atoms with Crippen LogP contribution >= 0.6 is 7.92 Å². The average molecular weight is 590 g/mol. The van der Waals surface area contributed by atoms with Crippen molar-refractivity contribution in [2.24, 2.45) is 0 Å². The number of benzene rings is 3. The molecule has 30 heavy (non-hydrogen) atoms. The number of allylic oxidation sites excluding steroid dienone is 4. The Morgan fingerprint density at radius 2 is 0.933 bits per heavy atom. The maximum Gasteiger partial charge on any atom is 0 e. The zero-order valence-corrected chi connectivity index (χ0v) is 20.8. The Morgan fingerprint density at radius 3 is 1.13 bits per heavy atom. The van der Waals surface area contributed by atoms with Crippen LogP contribution < -0.4 is 15.9 Å². The SMILES string of the molecule is CC1=C[CH]C(C)=C1C.[C-]#[O+].[Ir].c1ccc(P(c2ccccc2)c2ccccc2)cc1. The normalized spacial score (nSPS) is 12.0. The maximum absolute atomic E-state index is 7.50. The van der Waals surface area contributed by atoms with Gasteiger partial charge in [-0.05, 0) is 50.2 Å². The molecule has 0 saturated heterocycles. The summed E-state index contributed by atoms with van der Waals surface area (Å²) >= 11 is 0. The van der Waals surface area contributed by atoms with Crippen molar-refractivity contribution in [3.8, 4) is 0 Å². The van der Waals surface area contributed by atoms with Gasteiger partial charge in [0.25, 0.3) is 0 Å². The molecular formula is C27H26IrOP. The molecule has 0 atom stereocenters. The van der Waals surface area contributed by atoms with E-state index in [1.54, 1.807) is 0 Å². The molecule has 0 saturated carbocycles. The quantitative estimate of drug-likeness (QED) is 0.206. The van der Waals surface area contributed by atoms with E-state index in [4.69, 9.17) is 4.65 Å². The van der Waals surface area contributed by atoms with Gasteiger partial charge in [0.1, 0.15) is 0 Å². The third kappa shape index (κ3) is 7.33. The van der Waals surface area contributed by atoms with E-state index in [2.05, 4.69) is 131 Å². The molecule has 2 radical (unpaired) electrons. The van der Waals surface area contributed by atoms with Gasteiger partial charge in [0.2, 0.25) is 0 Å². The van der Waals surface area contributed by atoms with Crippen molar-refractivity contribution in [3.05, 3.63) is 127 Å². The van der Waals surface area contributed by atoms with E-state index in [0.29, 0.717) is 0 Å². The molecule has 0 spiro atoms. The Morgan fingerprint density at radius 1 is 0.600 bits per heavy atom. The molecule has 1 nitrogen and oxygen atoms in total. The molecule has 3 aromatic rings. The van der Waals surface area contributed by atoms with E-state index in [1.165, 1.54) is 32.6 Å². The molecule has 3 heteroatoms. The van der Waals surface area contributed by atoms with Gasteiger partial charge in [-0.25, -0.2) is 0 Å². The second-order valence-electron chi connectivity index (χ2n) is 6.67. The van der Waals surface area contributed by atoms with Gasteiger partial charge in [0, 0.05) is 26.5 Å². The van der Waals surface area contributed by atoms with E-state index < -0.39 is 7.92 Å². The van der Waals surface area contributed by atoms with Crippen LogP contribution in [0.25, 0.3) is 0 Å². The standard InChI is InChI=1S/C18H15P.C8H11.CO.Ir/c1-4-10-16(11-5-1)19(17-12-6-2-7-13-17)18-14-8-3-9-15-18;1-6-4-5-7(2)8(6)3;1-2;/h1-15H;4-5H,1-3H3;;. The second-order valence-corrected chi connectivity index (χ2v) is 8.89. The Balaban J connectivity index is 0.000000346. The van der Waals surface area contributed by atoms with E-state index in [9.17, 15) is 0 Å². The fourth-order valence-corrected chi connectivity index (χ4v) is 5.29. The van der Waals surface area contributed by atoms with Crippen LogP contribution in [-0.2, 0) is 24.8 Å². The predicted molar refractivity (Wildman–Crippen MR) is 126 cm³/mol. The zero-order chi connectivity index (χ0) is 21.1. The number of rotatable bonds is 3. The van der Waals surface area contributed by atoms with Crippen LogP contribution in [0.15, 0.2) is 114 Å². The summed E-state index contributed by atoms with van der Waals surface area (Å²) in [6.07, 6.45) is 4.31. The van der Waals surface area contributed by atoms with Gasteiger partial charge in [-0.15, -0.1) is 0 Å². The Hall–Kier alpha value is -2.04. The molecule has 0 aliphatic heterocycles. The number of hydrogen-bond donors (Lipinski definition) is 0. The van der Waals surface area contributed by atoms with Crippen LogP contribution in [0, 0.1) is 13.1 Å². The van der Waals surface area contributed by atoms with Crippen LogP contribution in [0.1, 0.15) is 20.8 Å². The summed E-state index contributed by atoms with van der Waals surface area (Å²) in [5.41, 5.74) is 4.25. The molecule has 1 aliphatic rings. The molecule has 3 aromatic carbocycles. The Labute approximate surface area is 195 Å². The minimum absolute atomic E-state index is 0. The van der Waals surface area contributed by atoms with Crippen LogP contribution in [0.3, 0.4) is 0 Å². The van der Waals surface area contributed by atoms with Crippen molar-refractivity contribution in [2.75, 3.05) is 0 Å². The van der Waals surface area contributed by atoms with Crippen LogP contribution in [0.5, 0.6) is 0 Å². The van der Waals surface area contributed by atoms with Crippen molar-refractivity contribution in [3.63, 3.8) is 0 Å². The first-order valence-corrected chi connectivity index (χ1v) is 10.9. The average Bonchev–Trinajstić information content (AvgIpc) is 3.09. The molecule has 4 rings (SSSR count).